The van der Waals surface area contributed by atoms with Gasteiger partial charge in [-0.1, -0.05) is 71.4 Å². The number of ether oxygens (including phenoxy) is 1. The Morgan fingerprint density at radius 3 is 2.32 bits per heavy atom. The lowest BCUT2D eigenvalue weighted by Crippen LogP contribution is -2.54. The number of hydrogen-bond donors (Lipinski definition) is 4. The number of hydrogen-bond acceptors (Lipinski definition) is 10. The number of aliphatic hydroxyl groups is 1. The highest BCUT2D eigenvalue weighted by Gasteiger charge is 2.36. The number of aliphatic carboxylic acids is 1. The molecule has 0 fully saturated rings. The quantitative estimate of drug-likeness (QED) is 0.102. The molecule has 13 nitrogen and oxygen atoms in total. The van der Waals surface area contributed by atoms with Crippen LogP contribution in [0.15, 0.2) is 48.1 Å². The number of amides is 2. The van der Waals surface area contributed by atoms with E-state index in [0.29, 0.717) is 23.5 Å². The molecule has 2 amide bonds. The second-order valence-electron chi connectivity index (χ2n) is 13.3. The van der Waals surface area contributed by atoms with Crippen LogP contribution in [0.3, 0.4) is 0 Å². The highest BCUT2D eigenvalue weighted by Crippen LogP contribution is 2.32. The van der Waals surface area contributed by atoms with Gasteiger partial charge in [0.25, 0.3) is 5.91 Å². The molecule has 50 heavy (non-hydrogen) atoms. The number of nitrogens with one attached hydrogen (secondary N) is 2. The van der Waals surface area contributed by atoms with Crippen LogP contribution in [0, 0.1) is 17.8 Å². The molecule has 0 spiro atoms. The lowest BCUT2D eigenvalue weighted by atomic mass is 9.93. The molecule has 4 N–H and O–H groups in total. The molecule has 0 aliphatic carbocycles. The Balaban J connectivity index is 1.82. The zero-order chi connectivity index (χ0) is 37.1. The van der Waals surface area contributed by atoms with Crippen molar-refractivity contribution in [2.45, 2.75) is 97.7 Å². The molecule has 1 aromatic carbocycles. The number of thiazole rings is 1. The molecule has 0 aliphatic heterocycles. The SMILES string of the molecule is CC[C@H](C)[C@H](NC(=O)c1nccn1C)C(=O)N(C)[C@H](C[C@@H](OC(C)=O)c1nc(C(O)N[C@@H](Cc2ccccc2)C[C@H](C)C(=O)O)cs1)C(C)C. The van der Waals surface area contributed by atoms with E-state index in [4.69, 9.17) is 4.74 Å². The van der Waals surface area contributed by atoms with Gasteiger partial charge in [-0.3, -0.25) is 24.5 Å². The van der Waals surface area contributed by atoms with Crippen LogP contribution in [0.1, 0.15) is 100 Å². The molecule has 0 saturated heterocycles. The van der Waals surface area contributed by atoms with Crippen LogP contribution in [-0.4, -0.2) is 78.6 Å². The van der Waals surface area contributed by atoms with E-state index in [2.05, 4.69) is 20.6 Å². The molecule has 3 aromatic rings. The minimum Gasteiger partial charge on any atom is -0.481 e. The van der Waals surface area contributed by atoms with Crippen molar-refractivity contribution in [1.29, 1.82) is 0 Å². The Bertz CT molecular complexity index is 1560. The molecule has 14 heteroatoms. The van der Waals surface area contributed by atoms with Gasteiger partial charge in [-0.15, -0.1) is 11.3 Å². The molecular weight excluding hydrogens is 660 g/mol. The summed E-state index contributed by atoms with van der Waals surface area (Å²) < 4.78 is 7.35. The van der Waals surface area contributed by atoms with E-state index < -0.39 is 48.2 Å². The third kappa shape index (κ3) is 11.2. The van der Waals surface area contributed by atoms with Crippen molar-refractivity contribution < 1.29 is 34.1 Å². The molecule has 7 atom stereocenters. The maximum atomic E-state index is 14.1. The van der Waals surface area contributed by atoms with Gasteiger partial charge < -0.3 is 29.7 Å². The van der Waals surface area contributed by atoms with Gasteiger partial charge >= 0.3 is 11.9 Å². The van der Waals surface area contributed by atoms with Gasteiger partial charge in [0.05, 0.1) is 11.6 Å². The average Bonchev–Trinajstić information content (AvgIpc) is 3.74. The van der Waals surface area contributed by atoms with E-state index >= 15 is 0 Å². The number of nitrogens with zero attached hydrogens (tertiary/aromatic N) is 4. The number of aryl methyl sites for hydroxylation is 1. The van der Waals surface area contributed by atoms with Gasteiger partial charge in [0.15, 0.2) is 11.9 Å². The number of aliphatic hydroxyl groups excluding tert-OH is 1. The van der Waals surface area contributed by atoms with Crippen molar-refractivity contribution >= 4 is 35.1 Å². The van der Waals surface area contributed by atoms with Crippen molar-refractivity contribution in [2.24, 2.45) is 24.8 Å². The first-order valence-corrected chi connectivity index (χ1v) is 17.9. The van der Waals surface area contributed by atoms with Gasteiger partial charge in [-0.25, -0.2) is 9.97 Å². The van der Waals surface area contributed by atoms with Crippen molar-refractivity contribution in [3.8, 4) is 0 Å². The molecular formula is C36H52N6O7S. The van der Waals surface area contributed by atoms with Gasteiger partial charge in [0.2, 0.25) is 5.91 Å². The first-order chi connectivity index (χ1) is 23.6. The summed E-state index contributed by atoms with van der Waals surface area (Å²) in [7, 11) is 3.40. The summed E-state index contributed by atoms with van der Waals surface area (Å²) in [4.78, 5) is 61.5. The molecule has 0 radical (unpaired) electrons. The number of carbonyl (C=O) groups is 4. The molecule has 0 bridgehead atoms. The molecule has 2 aromatic heterocycles. The minimum absolute atomic E-state index is 0.0634. The summed E-state index contributed by atoms with van der Waals surface area (Å²) in [6.45, 7) is 10.7. The fourth-order valence-corrected chi connectivity index (χ4v) is 6.75. The van der Waals surface area contributed by atoms with Gasteiger partial charge in [-0.2, -0.15) is 0 Å². The van der Waals surface area contributed by atoms with Gasteiger partial charge in [0, 0.05) is 57.3 Å². The molecule has 1 unspecified atom stereocenters. The summed E-state index contributed by atoms with van der Waals surface area (Å²) in [6.07, 6.45) is 2.80. The molecule has 0 aliphatic rings. The highest BCUT2D eigenvalue weighted by atomic mass is 32.1. The summed E-state index contributed by atoms with van der Waals surface area (Å²) in [5, 5.41) is 28.9. The fraction of sp³-hybridized carbons (Fsp3) is 0.556. The van der Waals surface area contributed by atoms with E-state index in [1.54, 1.807) is 42.1 Å². The maximum absolute atomic E-state index is 14.1. The third-order valence-corrected chi connectivity index (χ3v) is 10.00. The van der Waals surface area contributed by atoms with Crippen molar-refractivity contribution in [1.82, 2.24) is 30.1 Å². The number of aromatic nitrogens is 3. The lowest BCUT2D eigenvalue weighted by molar-refractivity contribution is -0.149. The Labute approximate surface area is 298 Å². The van der Waals surface area contributed by atoms with Crippen molar-refractivity contribution in [3.63, 3.8) is 0 Å². The second kappa shape index (κ2) is 18.7. The predicted molar refractivity (Wildman–Crippen MR) is 190 cm³/mol. The molecule has 3 rings (SSSR count). The van der Waals surface area contributed by atoms with E-state index in [-0.39, 0.29) is 42.5 Å². The number of esters is 1. The van der Waals surface area contributed by atoms with E-state index in [1.807, 2.05) is 58.0 Å². The van der Waals surface area contributed by atoms with E-state index in [1.165, 1.54) is 24.5 Å². The summed E-state index contributed by atoms with van der Waals surface area (Å²) in [5.41, 5.74) is 1.30. The topological polar surface area (TPSA) is 176 Å². The fourth-order valence-electron chi connectivity index (χ4n) is 5.87. The third-order valence-electron chi connectivity index (χ3n) is 9.04. The number of carbonyl (C=O) groups excluding carboxylic acids is 3. The number of likely N-dealkylation sites (N-methyl/N-ethyl adjacent to an activating group) is 1. The normalized spacial score (nSPS) is 15.7. The Hall–Kier alpha value is -4.14. The van der Waals surface area contributed by atoms with Crippen LogP contribution in [0.25, 0.3) is 0 Å². The first-order valence-electron chi connectivity index (χ1n) is 17.0. The summed E-state index contributed by atoms with van der Waals surface area (Å²) >= 11 is 1.22. The Kier molecular flexibility index (Phi) is 15.1. The summed E-state index contributed by atoms with van der Waals surface area (Å²) in [5.74, 6) is -2.85. The maximum Gasteiger partial charge on any atom is 0.306 e. The smallest absolute Gasteiger partial charge is 0.306 e. The number of rotatable bonds is 19. The van der Waals surface area contributed by atoms with Crippen LogP contribution in [0.5, 0.6) is 0 Å². The van der Waals surface area contributed by atoms with Gasteiger partial charge in [0.1, 0.15) is 17.3 Å². The van der Waals surface area contributed by atoms with Crippen LogP contribution in [0.4, 0.5) is 0 Å². The zero-order valence-electron chi connectivity index (χ0n) is 30.2. The molecule has 0 saturated carbocycles. The van der Waals surface area contributed by atoms with Crippen molar-refractivity contribution in [2.75, 3.05) is 7.05 Å². The number of benzene rings is 1. The van der Waals surface area contributed by atoms with Crippen LogP contribution in [0.2, 0.25) is 0 Å². The highest BCUT2D eigenvalue weighted by molar-refractivity contribution is 7.09. The van der Waals surface area contributed by atoms with Crippen molar-refractivity contribution in [3.05, 3.63) is 70.2 Å². The second-order valence-corrected chi connectivity index (χ2v) is 14.2. The molecule has 2 heterocycles. The predicted octanol–water partition coefficient (Wildman–Crippen LogP) is 4.50. The monoisotopic (exact) mass is 712 g/mol. The average molecular weight is 713 g/mol. The minimum atomic E-state index is -1.21. The van der Waals surface area contributed by atoms with E-state index in [0.717, 1.165) is 5.56 Å². The van der Waals surface area contributed by atoms with Crippen LogP contribution < -0.4 is 10.6 Å². The molecule has 274 valence electrons. The van der Waals surface area contributed by atoms with Gasteiger partial charge in [-0.05, 0) is 30.2 Å². The first kappa shape index (κ1) is 40.3. The number of imidazole rings is 1. The Morgan fingerprint density at radius 2 is 1.76 bits per heavy atom. The van der Waals surface area contributed by atoms with E-state index in [9.17, 15) is 29.4 Å². The zero-order valence-corrected chi connectivity index (χ0v) is 31.0. The Morgan fingerprint density at radius 1 is 1.08 bits per heavy atom. The van der Waals surface area contributed by atoms with Crippen LogP contribution >= 0.6 is 11.3 Å². The number of carboxylic acids is 1. The largest absolute Gasteiger partial charge is 0.481 e. The van der Waals surface area contributed by atoms with Crippen LogP contribution in [-0.2, 0) is 32.6 Å². The number of carboxylic acid groups (broad SMARTS) is 1. The standard InChI is InChI=1S/C36H52N6O7S/c1-9-22(4)30(40-33(45)31-37-15-16-41(31)7)35(46)42(8)28(21(2)3)19-29(49-24(6)43)34-39-27(20-50-34)32(44)38-26(17-23(5)36(47)48)18-25-13-11-10-12-14-25/h10-16,20-23,26,28-30,32,38,44H,9,17-19H2,1-8H3,(H,40,45)(H,47,48)/t22-,23-,26+,28+,29+,30-,32?/m0/s1. The summed E-state index contributed by atoms with van der Waals surface area (Å²) in [6, 6.07) is 8.02. The lowest BCUT2D eigenvalue weighted by Gasteiger charge is -2.36.